The van der Waals surface area contributed by atoms with Gasteiger partial charge in [0.05, 0.1) is 0 Å². The van der Waals surface area contributed by atoms with Crippen LogP contribution in [-0.4, -0.2) is 14.8 Å². The fourth-order valence-electron chi connectivity index (χ4n) is 2.72. The van der Waals surface area contributed by atoms with Crippen molar-refractivity contribution in [2.45, 2.75) is 6.04 Å². The van der Waals surface area contributed by atoms with Crippen LogP contribution in [-0.2, 0) is 0 Å². The second kappa shape index (κ2) is 5.72. The van der Waals surface area contributed by atoms with Crippen LogP contribution in [0.2, 0.25) is 10.0 Å². The van der Waals surface area contributed by atoms with Gasteiger partial charge in [-0.1, -0.05) is 59.6 Å². The molecule has 1 atom stereocenters. The van der Waals surface area contributed by atoms with Crippen molar-refractivity contribution in [1.82, 2.24) is 14.8 Å². The van der Waals surface area contributed by atoms with Crippen molar-refractivity contribution < 1.29 is 0 Å². The minimum atomic E-state index is -0.217. The Morgan fingerprint density at radius 1 is 0.957 bits per heavy atom. The number of anilines is 1. The maximum atomic E-state index is 6.39. The van der Waals surface area contributed by atoms with Crippen LogP contribution in [0.15, 0.2) is 60.9 Å². The van der Waals surface area contributed by atoms with Gasteiger partial charge in [-0.3, -0.25) is 0 Å². The lowest BCUT2D eigenvalue weighted by Gasteiger charge is -2.25. The van der Waals surface area contributed by atoms with Crippen LogP contribution in [0, 0.1) is 0 Å². The van der Waals surface area contributed by atoms with Crippen molar-refractivity contribution in [3.8, 4) is 0 Å². The largest absolute Gasteiger partial charge is 0.324 e. The Hall–Kier alpha value is -2.30. The van der Waals surface area contributed by atoms with Crippen molar-refractivity contribution in [2.24, 2.45) is 0 Å². The van der Waals surface area contributed by atoms with Crippen molar-refractivity contribution in [2.75, 3.05) is 5.32 Å². The smallest absolute Gasteiger partial charge is 0.226 e. The van der Waals surface area contributed by atoms with Crippen LogP contribution in [0.25, 0.3) is 5.70 Å². The van der Waals surface area contributed by atoms with Gasteiger partial charge in [0.15, 0.2) is 0 Å². The summed E-state index contributed by atoms with van der Waals surface area (Å²) in [6.07, 6.45) is 3.58. The highest BCUT2D eigenvalue weighted by Gasteiger charge is 2.26. The average molecular weight is 343 g/mol. The lowest BCUT2D eigenvalue weighted by molar-refractivity contribution is 0.612. The zero-order valence-corrected chi connectivity index (χ0v) is 13.5. The quantitative estimate of drug-likeness (QED) is 0.737. The molecule has 1 aliphatic heterocycles. The summed E-state index contributed by atoms with van der Waals surface area (Å²) >= 11 is 12.8. The van der Waals surface area contributed by atoms with Gasteiger partial charge in [-0.25, -0.2) is 4.68 Å². The standard InChI is InChI=1S/C17H12Cl2N4/c18-12-7-4-8-13(19)16(12)15-9-14(11-5-2-1-3-6-11)22-17-20-10-21-23(15)17/h1-10,15H,(H,20,21,22)/t15-/m0/s1. The first-order chi connectivity index (χ1) is 11.2. The number of rotatable bonds is 2. The Balaban J connectivity index is 1.89. The molecule has 0 radical (unpaired) electrons. The van der Waals surface area contributed by atoms with Crippen molar-refractivity contribution >= 4 is 34.8 Å². The molecule has 1 N–H and O–H groups in total. The van der Waals surface area contributed by atoms with E-state index in [4.69, 9.17) is 23.2 Å². The van der Waals surface area contributed by atoms with E-state index in [9.17, 15) is 0 Å². The Labute approximate surface area is 143 Å². The van der Waals surface area contributed by atoms with Gasteiger partial charge in [-0.2, -0.15) is 10.1 Å². The van der Waals surface area contributed by atoms with Crippen molar-refractivity contribution in [3.63, 3.8) is 0 Å². The Bertz CT molecular complexity index is 866. The molecule has 2 heterocycles. The van der Waals surface area contributed by atoms with Crippen LogP contribution in [0.4, 0.5) is 5.95 Å². The number of allylic oxidation sites excluding steroid dienone is 1. The van der Waals surface area contributed by atoms with E-state index in [1.807, 2.05) is 48.5 Å². The van der Waals surface area contributed by atoms with Gasteiger partial charge in [0, 0.05) is 21.3 Å². The second-order valence-corrected chi connectivity index (χ2v) is 5.99. The van der Waals surface area contributed by atoms with E-state index in [0.717, 1.165) is 16.8 Å². The van der Waals surface area contributed by atoms with Gasteiger partial charge in [-0.15, -0.1) is 0 Å². The molecule has 6 heteroatoms. The van der Waals surface area contributed by atoms with Crippen LogP contribution >= 0.6 is 23.2 Å². The average Bonchev–Trinajstić information content (AvgIpc) is 3.04. The summed E-state index contributed by atoms with van der Waals surface area (Å²) in [4.78, 5) is 4.28. The van der Waals surface area contributed by atoms with Gasteiger partial charge in [-0.05, 0) is 23.8 Å². The normalized spacial score (nSPS) is 16.4. The third kappa shape index (κ3) is 2.50. The van der Waals surface area contributed by atoms with Crippen LogP contribution in [0.5, 0.6) is 0 Å². The number of nitrogens with zero attached hydrogens (tertiary/aromatic N) is 3. The zero-order chi connectivity index (χ0) is 15.8. The van der Waals surface area contributed by atoms with Gasteiger partial charge in [0.1, 0.15) is 12.4 Å². The number of benzene rings is 2. The van der Waals surface area contributed by atoms with E-state index in [1.54, 1.807) is 4.68 Å². The first kappa shape index (κ1) is 14.3. The van der Waals surface area contributed by atoms with E-state index in [0.29, 0.717) is 16.0 Å². The Morgan fingerprint density at radius 3 is 2.43 bits per heavy atom. The minimum absolute atomic E-state index is 0.217. The van der Waals surface area contributed by atoms with E-state index in [1.165, 1.54) is 6.33 Å². The van der Waals surface area contributed by atoms with Crippen LogP contribution in [0.1, 0.15) is 17.2 Å². The van der Waals surface area contributed by atoms with Gasteiger partial charge < -0.3 is 5.32 Å². The number of hydrogen-bond acceptors (Lipinski definition) is 3. The molecule has 0 bridgehead atoms. The molecule has 4 nitrogen and oxygen atoms in total. The molecule has 23 heavy (non-hydrogen) atoms. The summed E-state index contributed by atoms with van der Waals surface area (Å²) in [6, 6.07) is 15.3. The van der Waals surface area contributed by atoms with Gasteiger partial charge >= 0.3 is 0 Å². The highest BCUT2D eigenvalue weighted by molar-refractivity contribution is 6.36. The minimum Gasteiger partial charge on any atom is -0.324 e. The molecule has 1 aromatic heterocycles. The van der Waals surface area contributed by atoms with E-state index < -0.39 is 0 Å². The molecule has 3 aromatic rings. The molecule has 0 spiro atoms. The van der Waals surface area contributed by atoms with E-state index in [-0.39, 0.29) is 6.04 Å². The fraction of sp³-hybridized carbons (Fsp3) is 0.0588. The molecule has 114 valence electrons. The van der Waals surface area contributed by atoms with E-state index in [2.05, 4.69) is 21.5 Å². The molecule has 0 saturated carbocycles. The predicted octanol–water partition coefficient (Wildman–Crippen LogP) is 4.64. The molecule has 0 fully saturated rings. The van der Waals surface area contributed by atoms with Crippen LogP contribution < -0.4 is 5.32 Å². The second-order valence-electron chi connectivity index (χ2n) is 5.18. The van der Waals surface area contributed by atoms with Crippen molar-refractivity contribution in [3.05, 3.63) is 82.1 Å². The van der Waals surface area contributed by atoms with Gasteiger partial charge in [0.2, 0.25) is 5.95 Å². The third-order valence-electron chi connectivity index (χ3n) is 3.79. The molecular formula is C17H12Cl2N4. The maximum Gasteiger partial charge on any atom is 0.226 e. The first-order valence-corrected chi connectivity index (χ1v) is 7.87. The van der Waals surface area contributed by atoms with Crippen molar-refractivity contribution in [1.29, 1.82) is 0 Å². The Morgan fingerprint density at radius 2 is 1.70 bits per heavy atom. The number of aromatic nitrogens is 3. The lowest BCUT2D eigenvalue weighted by Crippen LogP contribution is -2.20. The predicted molar refractivity (Wildman–Crippen MR) is 92.7 cm³/mol. The molecule has 0 saturated heterocycles. The topological polar surface area (TPSA) is 42.7 Å². The third-order valence-corrected chi connectivity index (χ3v) is 4.45. The number of nitrogens with one attached hydrogen (secondary N) is 1. The monoisotopic (exact) mass is 342 g/mol. The molecular weight excluding hydrogens is 331 g/mol. The molecule has 1 aliphatic rings. The molecule has 0 aliphatic carbocycles. The van der Waals surface area contributed by atoms with Crippen LogP contribution in [0.3, 0.4) is 0 Å². The summed E-state index contributed by atoms with van der Waals surface area (Å²) in [7, 11) is 0. The fourth-order valence-corrected chi connectivity index (χ4v) is 3.34. The zero-order valence-electron chi connectivity index (χ0n) is 11.9. The summed E-state index contributed by atoms with van der Waals surface area (Å²) in [5, 5.41) is 8.81. The highest BCUT2D eigenvalue weighted by atomic mass is 35.5. The number of hydrogen-bond donors (Lipinski definition) is 1. The number of halogens is 2. The van der Waals surface area contributed by atoms with Gasteiger partial charge in [0.25, 0.3) is 0 Å². The molecule has 0 unspecified atom stereocenters. The molecule has 2 aromatic carbocycles. The SMILES string of the molecule is Clc1cccc(Cl)c1[C@@H]1C=C(c2ccccc2)Nc2ncnn21. The summed E-state index contributed by atoms with van der Waals surface area (Å²) in [5.41, 5.74) is 2.83. The highest BCUT2D eigenvalue weighted by Crippen LogP contribution is 2.38. The number of fused-ring (bicyclic) bond motifs is 1. The summed E-state index contributed by atoms with van der Waals surface area (Å²) < 4.78 is 1.78. The summed E-state index contributed by atoms with van der Waals surface area (Å²) in [6.45, 7) is 0. The maximum absolute atomic E-state index is 6.39. The Kier molecular flexibility index (Phi) is 3.56. The lowest BCUT2D eigenvalue weighted by atomic mass is 10.0. The molecule has 4 rings (SSSR count). The summed E-state index contributed by atoms with van der Waals surface area (Å²) in [5.74, 6) is 0.660. The molecule has 0 amide bonds. The van der Waals surface area contributed by atoms with E-state index >= 15 is 0 Å². The first-order valence-electron chi connectivity index (χ1n) is 7.12.